The number of aliphatic hydroxyl groups is 1. The second-order valence-corrected chi connectivity index (χ2v) is 9.45. The van der Waals surface area contributed by atoms with Gasteiger partial charge in [-0.05, 0) is 55.8 Å². The van der Waals surface area contributed by atoms with E-state index in [1.807, 2.05) is 25.1 Å². The van der Waals surface area contributed by atoms with Crippen LogP contribution in [0.3, 0.4) is 0 Å². The fourth-order valence-electron chi connectivity index (χ4n) is 4.49. The van der Waals surface area contributed by atoms with Crippen molar-refractivity contribution in [3.8, 4) is 11.5 Å². The third-order valence-electron chi connectivity index (χ3n) is 6.55. The summed E-state index contributed by atoms with van der Waals surface area (Å²) in [7, 11) is 1.56. The molecule has 1 atom stereocenters. The number of hydrogen-bond acceptors (Lipinski definition) is 6. The van der Waals surface area contributed by atoms with Crippen LogP contribution in [0.5, 0.6) is 11.5 Å². The van der Waals surface area contributed by atoms with Crippen LogP contribution in [0.25, 0.3) is 5.76 Å². The number of aliphatic hydroxyl groups excluding tert-OH is 1. The van der Waals surface area contributed by atoms with Gasteiger partial charge >= 0.3 is 0 Å². The number of rotatable bonds is 11. The van der Waals surface area contributed by atoms with Gasteiger partial charge in [0.15, 0.2) is 0 Å². The Bertz CT molecular complexity index is 1120. The zero-order chi connectivity index (χ0) is 26.4. The summed E-state index contributed by atoms with van der Waals surface area (Å²) in [4.78, 5) is 30.3. The number of nitrogens with zero attached hydrogens (tertiary/aromatic N) is 2. The zero-order valence-electron chi connectivity index (χ0n) is 22.2. The van der Waals surface area contributed by atoms with E-state index < -0.39 is 17.7 Å². The van der Waals surface area contributed by atoms with Gasteiger partial charge in [0.25, 0.3) is 11.7 Å². The molecule has 1 aliphatic rings. The van der Waals surface area contributed by atoms with Crippen LogP contribution in [0.15, 0.2) is 48.0 Å². The first kappa shape index (κ1) is 27.3. The molecule has 194 valence electrons. The van der Waals surface area contributed by atoms with E-state index in [-0.39, 0.29) is 11.3 Å². The Hall–Kier alpha value is -3.32. The van der Waals surface area contributed by atoms with Gasteiger partial charge in [0.2, 0.25) is 0 Å². The second kappa shape index (κ2) is 12.1. The molecule has 0 saturated carbocycles. The first-order valence-corrected chi connectivity index (χ1v) is 12.6. The maximum absolute atomic E-state index is 13.3. The lowest BCUT2D eigenvalue weighted by atomic mass is 9.94. The average Bonchev–Trinajstić information content (AvgIpc) is 3.12. The average molecular weight is 495 g/mol. The third-order valence-corrected chi connectivity index (χ3v) is 6.55. The highest BCUT2D eigenvalue weighted by molar-refractivity contribution is 6.46. The van der Waals surface area contributed by atoms with Crippen LogP contribution in [0.2, 0.25) is 0 Å². The first-order chi connectivity index (χ1) is 17.2. The van der Waals surface area contributed by atoms with Crippen LogP contribution in [0, 0.1) is 12.8 Å². The van der Waals surface area contributed by atoms with Gasteiger partial charge in [0, 0.05) is 24.2 Å². The normalized spacial score (nSPS) is 17.3. The largest absolute Gasteiger partial charge is 0.507 e. The van der Waals surface area contributed by atoms with Crippen LogP contribution in [-0.4, -0.2) is 66.5 Å². The topological polar surface area (TPSA) is 79.3 Å². The maximum atomic E-state index is 13.3. The molecule has 1 unspecified atom stereocenters. The van der Waals surface area contributed by atoms with E-state index in [2.05, 4.69) is 32.6 Å². The van der Waals surface area contributed by atoms with Crippen LogP contribution in [0.1, 0.15) is 50.4 Å². The summed E-state index contributed by atoms with van der Waals surface area (Å²) in [5, 5.41) is 11.4. The van der Waals surface area contributed by atoms with Crippen molar-refractivity contribution in [3.05, 3.63) is 64.7 Å². The molecule has 3 rings (SSSR count). The Morgan fingerprint density at radius 2 is 1.78 bits per heavy atom. The summed E-state index contributed by atoms with van der Waals surface area (Å²) in [6, 6.07) is 11.9. The first-order valence-electron chi connectivity index (χ1n) is 12.6. The summed E-state index contributed by atoms with van der Waals surface area (Å²) in [6.07, 6.45) is 0. The van der Waals surface area contributed by atoms with Crippen molar-refractivity contribution < 1.29 is 24.2 Å². The van der Waals surface area contributed by atoms with E-state index in [0.29, 0.717) is 42.5 Å². The Morgan fingerprint density at radius 1 is 1.08 bits per heavy atom. The van der Waals surface area contributed by atoms with Gasteiger partial charge in [0.1, 0.15) is 17.3 Å². The molecule has 1 aliphatic heterocycles. The Morgan fingerprint density at radius 3 is 2.39 bits per heavy atom. The molecule has 0 aromatic heterocycles. The molecule has 2 aromatic carbocycles. The van der Waals surface area contributed by atoms with Crippen molar-refractivity contribution >= 4 is 17.4 Å². The van der Waals surface area contributed by atoms with Crippen molar-refractivity contribution in [2.75, 3.05) is 39.9 Å². The number of aryl methyl sites for hydroxylation is 1. The lowest BCUT2D eigenvalue weighted by Gasteiger charge is -2.29. The number of carbonyl (C=O) groups is 2. The lowest BCUT2D eigenvalue weighted by Crippen LogP contribution is -2.38. The number of hydrogen-bond donors (Lipinski definition) is 1. The van der Waals surface area contributed by atoms with E-state index in [1.54, 1.807) is 36.3 Å². The number of Topliss-reactive ketones (excluding diaryl/α,β-unsaturated/α-hetero) is 1. The minimum absolute atomic E-state index is 0.0688. The van der Waals surface area contributed by atoms with Crippen LogP contribution >= 0.6 is 0 Å². The van der Waals surface area contributed by atoms with Crippen molar-refractivity contribution in [2.45, 2.75) is 40.7 Å². The van der Waals surface area contributed by atoms with E-state index in [9.17, 15) is 14.7 Å². The smallest absolute Gasteiger partial charge is 0.295 e. The lowest BCUT2D eigenvalue weighted by molar-refractivity contribution is -0.140. The number of amides is 1. The highest BCUT2D eigenvalue weighted by atomic mass is 16.5. The fourth-order valence-corrected chi connectivity index (χ4v) is 4.49. The number of ketones is 1. The second-order valence-electron chi connectivity index (χ2n) is 9.45. The molecule has 7 heteroatoms. The quantitative estimate of drug-likeness (QED) is 0.275. The number of para-hydroxylation sites is 1. The molecule has 0 aliphatic carbocycles. The minimum Gasteiger partial charge on any atom is -0.507 e. The summed E-state index contributed by atoms with van der Waals surface area (Å²) in [6.45, 7) is 13.4. The number of likely N-dealkylation sites (tertiary alicyclic amines) is 1. The van der Waals surface area contributed by atoms with Gasteiger partial charge < -0.3 is 24.4 Å². The van der Waals surface area contributed by atoms with Gasteiger partial charge in [-0.3, -0.25) is 9.59 Å². The Balaban J connectivity index is 2.09. The van der Waals surface area contributed by atoms with E-state index in [0.717, 1.165) is 24.4 Å². The molecule has 1 saturated heterocycles. The standard InChI is InChI=1S/C29H38N2O5/c1-7-30(8-2)15-16-31-26(22-11-9-10-12-24(22)35-6)25(28(33)29(31)34)27(32)21-13-14-23(20(5)17-21)36-18-19(3)4/h9-14,17,19,26,32H,7-8,15-16,18H2,1-6H3/b27-25+. The molecule has 1 fully saturated rings. The van der Waals surface area contributed by atoms with Crippen molar-refractivity contribution in [2.24, 2.45) is 5.92 Å². The monoisotopic (exact) mass is 494 g/mol. The summed E-state index contributed by atoms with van der Waals surface area (Å²) >= 11 is 0. The molecule has 0 radical (unpaired) electrons. The maximum Gasteiger partial charge on any atom is 0.295 e. The van der Waals surface area contributed by atoms with Crippen molar-refractivity contribution in [3.63, 3.8) is 0 Å². The number of carbonyl (C=O) groups excluding carboxylic acids is 2. The van der Waals surface area contributed by atoms with E-state index >= 15 is 0 Å². The van der Waals surface area contributed by atoms with Gasteiger partial charge in [-0.25, -0.2) is 0 Å². The van der Waals surface area contributed by atoms with Crippen molar-refractivity contribution in [1.82, 2.24) is 9.80 Å². The van der Waals surface area contributed by atoms with Gasteiger partial charge in [-0.1, -0.05) is 45.9 Å². The molecule has 7 nitrogen and oxygen atoms in total. The summed E-state index contributed by atoms with van der Waals surface area (Å²) < 4.78 is 11.4. The zero-order valence-corrected chi connectivity index (χ0v) is 22.2. The summed E-state index contributed by atoms with van der Waals surface area (Å²) in [5.41, 5.74) is 2.03. The predicted octanol–water partition coefficient (Wildman–Crippen LogP) is 4.80. The molecular weight excluding hydrogens is 456 g/mol. The van der Waals surface area contributed by atoms with Crippen LogP contribution in [-0.2, 0) is 9.59 Å². The van der Waals surface area contributed by atoms with Gasteiger partial charge in [-0.15, -0.1) is 0 Å². The highest BCUT2D eigenvalue weighted by Gasteiger charge is 2.47. The molecule has 0 bridgehead atoms. The van der Waals surface area contributed by atoms with Gasteiger partial charge in [0.05, 0.1) is 25.3 Å². The van der Waals surface area contributed by atoms with E-state index in [1.165, 1.54) is 0 Å². The number of likely N-dealkylation sites (N-methyl/N-ethyl adjacent to an activating group) is 1. The molecule has 0 spiro atoms. The molecule has 1 N–H and O–H groups in total. The minimum atomic E-state index is -0.756. The molecule has 1 heterocycles. The number of ether oxygens (including phenoxy) is 2. The Kier molecular flexibility index (Phi) is 9.15. The fraction of sp³-hybridized carbons (Fsp3) is 0.448. The number of methoxy groups -OCH3 is 1. The Labute approximate surface area is 214 Å². The molecule has 36 heavy (non-hydrogen) atoms. The third kappa shape index (κ3) is 5.73. The molecule has 1 amide bonds. The highest BCUT2D eigenvalue weighted by Crippen LogP contribution is 2.42. The van der Waals surface area contributed by atoms with Gasteiger partial charge in [-0.2, -0.15) is 0 Å². The predicted molar refractivity (Wildman–Crippen MR) is 141 cm³/mol. The molecular formula is C29H38N2O5. The molecule has 2 aromatic rings. The SMILES string of the molecule is CCN(CC)CCN1C(=O)C(=O)/C(=C(/O)c2ccc(OCC(C)C)c(C)c2)C1c1ccccc1OC. The summed E-state index contributed by atoms with van der Waals surface area (Å²) in [5.74, 6) is 0.144. The van der Waals surface area contributed by atoms with Crippen molar-refractivity contribution in [1.29, 1.82) is 0 Å². The van der Waals surface area contributed by atoms with E-state index in [4.69, 9.17) is 9.47 Å². The van der Waals surface area contributed by atoms with Crippen LogP contribution < -0.4 is 9.47 Å². The number of benzene rings is 2. The van der Waals surface area contributed by atoms with Crippen LogP contribution in [0.4, 0.5) is 0 Å².